The first-order valence-corrected chi connectivity index (χ1v) is 7.35. The molecule has 0 aliphatic rings. The summed E-state index contributed by atoms with van der Waals surface area (Å²) in [7, 11) is 0. The highest BCUT2D eigenvalue weighted by molar-refractivity contribution is 5.99. The minimum Gasteiger partial charge on any atom is -0.451 e. The number of hydrogen-bond donors (Lipinski definition) is 2. The highest BCUT2D eigenvalue weighted by atomic mass is 16.5. The molecule has 0 saturated carbocycles. The zero-order chi connectivity index (χ0) is 17.9. The summed E-state index contributed by atoms with van der Waals surface area (Å²) in [6.07, 6.45) is 1.38. The largest absolute Gasteiger partial charge is 0.451 e. The molecule has 2 amide bonds. The number of nitrogens with one attached hydrogen (secondary N) is 2. The molecule has 24 heavy (non-hydrogen) atoms. The standard InChI is InChI=1S/C17H19N3O4/c1-3-19-15(21)10-20-16(22)11-24-17(23)14(9-18)8-13-6-4-12(2)5-7-13/h4-8H,3,10-11H2,1-2H3,(H,19,21)(H,20,22)/b14-8+. The molecule has 0 unspecified atom stereocenters. The second-order valence-electron chi connectivity index (χ2n) is 4.89. The van der Waals surface area contributed by atoms with Crippen molar-refractivity contribution in [2.75, 3.05) is 19.7 Å². The van der Waals surface area contributed by atoms with Crippen molar-refractivity contribution in [3.8, 4) is 6.07 Å². The number of esters is 1. The van der Waals surface area contributed by atoms with E-state index in [1.165, 1.54) is 6.08 Å². The molecule has 0 fully saturated rings. The Morgan fingerprint density at radius 3 is 2.42 bits per heavy atom. The van der Waals surface area contributed by atoms with Crippen LogP contribution in [0, 0.1) is 18.3 Å². The molecule has 0 aromatic heterocycles. The van der Waals surface area contributed by atoms with Gasteiger partial charge in [0.1, 0.15) is 11.6 Å². The summed E-state index contributed by atoms with van der Waals surface area (Å²) in [5.41, 5.74) is 1.52. The van der Waals surface area contributed by atoms with Crippen molar-refractivity contribution < 1.29 is 19.1 Å². The van der Waals surface area contributed by atoms with E-state index in [2.05, 4.69) is 10.6 Å². The van der Waals surface area contributed by atoms with Gasteiger partial charge < -0.3 is 15.4 Å². The molecule has 0 atom stereocenters. The van der Waals surface area contributed by atoms with Crippen molar-refractivity contribution in [3.05, 3.63) is 41.0 Å². The van der Waals surface area contributed by atoms with Gasteiger partial charge >= 0.3 is 5.97 Å². The average molecular weight is 329 g/mol. The van der Waals surface area contributed by atoms with E-state index in [4.69, 9.17) is 10.00 Å². The Bertz CT molecular complexity index is 672. The Kier molecular flexibility index (Phi) is 7.71. The van der Waals surface area contributed by atoms with E-state index < -0.39 is 18.5 Å². The van der Waals surface area contributed by atoms with Crippen LogP contribution in [0.5, 0.6) is 0 Å². The molecule has 0 spiro atoms. The van der Waals surface area contributed by atoms with Gasteiger partial charge in [0.25, 0.3) is 5.91 Å². The SMILES string of the molecule is CCNC(=O)CNC(=O)COC(=O)/C(C#N)=C/c1ccc(C)cc1. The lowest BCUT2D eigenvalue weighted by Crippen LogP contribution is -2.38. The summed E-state index contributed by atoms with van der Waals surface area (Å²) in [4.78, 5) is 34.5. The third-order valence-corrected chi connectivity index (χ3v) is 2.88. The minimum atomic E-state index is -0.897. The Labute approximate surface area is 140 Å². The lowest BCUT2D eigenvalue weighted by molar-refractivity contribution is -0.144. The average Bonchev–Trinajstić information content (AvgIpc) is 2.57. The van der Waals surface area contributed by atoms with E-state index in [0.29, 0.717) is 12.1 Å². The van der Waals surface area contributed by atoms with Gasteiger partial charge in [-0.1, -0.05) is 29.8 Å². The number of amides is 2. The fourth-order valence-corrected chi connectivity index (χ4v) is 1.66. The predicted molar refractivity (Wildman–Crippen MR) is 87.4 cm³/mol. The van der Waals surface area contributed by atoms with Crippen LogP contribution in [0.2, 0.25) is 0 Å². The van der Waals surface area contributed by atoms with Crippen molar-refractivity contribution in [1.29, 1.82) is 5.26 Å². The van der Waals surface area contributed by atoms with E-state index >= 15 is 0 Å². The summed E-state index contributed by atoms with van der Waals surface area (Å²) in [6, 6.07) is 8.97. The summed E-state index contributed by atoms with van der Waals surface area (Å²) in [5, 5.41) is 13.9. The normalized spacial score (nSPS) is 10.5. The Morgan fingerprint density at radius 2 is 1.83 bits per heavy atom. The van der Waals surface area contributed by atoms with Crippen molar-refractivity contribution >= 4 is 23.9 Å². The molecule has 0 aliphatic heterocycles. The zero-order valence-electron chi connectivity index (χ0n) is 13.6. The maximum absolute atomic E-state index is 11.8. The lowest BCUT2D eigenvalue weighted by atomic mass is 10.1. The smallest absolute Gasteiger partial charge is 0.349 e. The molecule has 2 N–H and O–H groups in total. The van der Waals surface area contributed by atoms with Crippen LogP contribution in [-0.4, -0.2) is 37.5 Å². The van der Waals surface area contributed by atoms with Gasteiger partial charge in [-0.15, -0.1) is 0 Å². The van der Waals surface area contributed by atoms with Gasteiger partial charge in [0, 0.05) is 6.54 Å². The van der Waals surface area contributed by atoms with Gasteiger partial charge in [-0.2, -0.15) is 5.26 Å². The number of rotatable bonds is 7. The molecule has 0 saturated heterocycles. The van der Waals surface area contributed by atoms with Crippen LogP contribution in [0.25, 0.3) is 6.08 Å². The summed E-state index contributed by atoms with van der Waals surface area (Å²) in [6.45, 7) is 3.37. The number of benzene rings is 1. The fourth-order valence-electron chi connectivity index (χ4n) is 1.66. The van der Waals surface area contributed by atoms with Gasteiger partial charge in [0.15, 0.2) is 6.61 Å². The van der Waals surface area contributed by atoms with Crippen LogP contribution in [0.3, 0.4) is 0 Å². The first kappa shape index (κ1) is 18.9. The van der Waals surface area contributed by atoms with E-state index in [1.807, 2.05) is 19.1 Å². The monoisotopic (exact) mass is 329 g/mol. The molecule has 1 aromatic carbocycles. The number of likely N-dealkylation sites (N-methyl/N-ethyl adjacent to an activating group) is 1. The fraction of sp³-hybridized carbons (Fsp3) is 0.294. The topological polar surface area (TPSA) is 108 Å². The van der Waals surface area contributed by atoms with Crippen LogP contribution in [0.4, 0.5) is 0 Å². The van der Waals surface area contributed by atoms with E-state index in [9.17, 15) is 14.4 Å². The number of aryl methyl sites for hydroxylation is 1. The van der Waals surface area contributed by atoms with Gasteiger partial charge in [-0.05, 0) is 25.5 Å². The quantitative estimate of drug-likeness (QED) is 0.435. The van der Waals surface area contributed by atoms with Gasteiger partial charge in [-0.3, -0.25) is 9.59 Å². The first-order valence-electron chi connectivity index (χ1n) is 7.35. The zero-order valence-corrected chi connectivity index (χ0v) is 13.6. The van der Waals surface area contributed by atoms with Gasteiger partial charge in [-0.25, -0.2) is 4.79 Å². The maximum atomic E-state index is 11.8. The van der Waals surface area contributed by atoms with Crippen molar-refractivity contribution in [2.24, 2.45) is 0 Å². The second kappa shape index (κ2) is 9.79. The Balaban J connectivity index is 2.53. The maximum Gasteiger partial charge on any atom is 0.349 e. The number of carbonyl (C=O) groups excluding carboxylic acids is 3. The molecule has 0 radical (unpaired) electrons. The summed E-state index contributed by atoms with van der Waals surface area (Å²) in [5.74, 6) is -1.86. The Morgan fingerprint density at radius 1 is 1.17 bits per heavy atom. The van der Waals surface area contributed by atoms with Crippen LogP contribution in [-0.2, 0) is 19.1 Å². The molecule has 1 aromatic rings. The van der Waals surface area contributed by atoms with E-state index in [-0.39, 0.29) is 18.0 Å². The third-order valence-electron chi connectivity index (χ3n) is 2.88. The Hall–Kier alpha value is -3.14. The highest BCUT2D eigenvalue weighted by Crippen LogP contribution is 2.09. The van der Waals surface area contributed by atoms with Gasteiger partial charge in [0.2, 0.25) is 5.91 Å². The minimum absolute atomic E-state index is 0.200. The molecule has 0 aliphatic carbocycles. The highest BCUT2D eigenvalue weighted by Gasteiger charge is 2.13. The van der Waals surface area contributed by atoms with E-state index in [1.54, 1.807) is 25.1 Å². The number of nitriles is 1. The predicted octanol–water partition coefficient (Wildman–Crippen LogP) is 0.698. The number of ether oxygens (including phenoxy) is 1. The first-order chi connectivity index (χ1) is 11.5. The lowest BCUT2D eigenvalue weighted by Gasteiger charge is -2.06. The van der Waals surface area contributed by atoms with Crippen LogP contribution in [0.1, 0.15) is 18.1 Å². The second-order valence-corrected chi connectivity index (χ2v) is 4.89. The van der Waals surface area contributed by atoms with E-state index in [0.717, 1.165) is 5.56 Å². The molecule has 7 nitrogen and oxygen atoms in total. The molecule has 1 rings (SSSR count). The number of hydrogen-bond acceptors (Lipinski definition) is 5. The van der Waals surface area contributed by atoms with Crippen molar-refractivity contribution in [1.82, 2.24) is 10.6 Å². The van der Waals surface area contributed by atoms with Crippen LogP contribution in [0.15, 0.2) is 29.8 Å². The van der Waals surface area contributed by atoms with Crippen molar-refractivity contribution in [3.63, 3.8) is 0 Å². The third kappa shape index (κ3) is 6.75. The molecule has 0 bridgehead atoms. The molecular weight excluding hydrogens is 310 g/mol. The summed E-state index contributed by atoms with van der Waals surface area (Å²) >= 11 is 0. The number of carbonyl (C=O) groups is 3. The number of nitrogens with zero attached hydrogens (tertiary/aromatic N) is 1. The summed E-state index contributed by atoms with van der Waals surface area (Å²) < 4.78 is 4.77. The molecule has 126 valence electrons. The molecule has 7 heteroatoms. The van der Waals surface area contributed by atoms with Gasteiger partial charge in [0.05, 0.1) is 6.54 Å². The van der Waals surface area contributed by atoms with Crippen molar-refractivity contribution in [2.45, 2.75) is 13.8 Å². The van der Waals surface area contributed by atoms with Crippen LogP contribution < -0.4 is 10.6 Å². The molecule has 0 heterocycles. The van der Waals surface area contributed by atoms with Crippen LogP contribution >= 0.6 is 0 Å². The molecular formula is C17H19N3O4.